The molecule has 0 amide bonds. The van der Waals surface area contributed by atoms with Crippen molar-refractivity contribution in [2.45, 2.75) is 367 Å². The van der Waals surface area contributed by atoms with Crippen molar-refractivity contribution in [1.29, 1.82) is 0 Å². The lowest BCUT2D eigenvalue weighted by atomic mass is 10.0. The van der Waals surface area contributed by atoms with E-state index in [1.54, 1.807) is 0 Å². The SMILES string of the molecule is CC/C=C\C/C=C\C/C=C\C/C=C\C/C=C\C/C=C\CCCCCCCCCCCCCCC(=O)OCC(COC(=O)CCCCCCCCCCCCCCCCCC)OC(=O)CCCCCCCCC/C=C\CCCCCCCC. The number of carbonyl (C=O) groups excluding carboxylic acids is 3. The van der Waals surface area contributed by atoms with E-state index in [4.69, 9.17) is 14.2 Å². The Balaban J connectivity index is 4.26. The van der Waals surface area contributed by atoms with Crippen LogP contribution < -0.4 is 0 Å². The molecule has 82 heavy (non-hydrogen) atoms. The maximum Gasteiger partial charge on any atom is 0.306 e. The van der Waals surface area contributed by atoms with E-state index in [0.29, 0.717) is 19.3 Å². The molecule has 0 radical (unpaired) electrons. The Bertz CT molecular complexity index is 1550. The molecule has 0 aromatic heterocycles. The molecule has 0 spiro atoms. The third-order valence-electron chi connectivity index (χ3n) is 15.6. The molecule has 0 aliphatic heterocycles. The highest BCUT2D eigenvalue weighted by Gasteiger charge is 2.19. The fraction of sp³-hybridized carbons (Fsp3) is 0.776. The normalized spacial score (nSPS) is 12.6. The van der Waals surface area contributed by atoms with Crippen LogP contribution in [0.15, 0.2) is 85.1 Å². The zero-order valence-corrected chi connectivity index (χ0v) is 54.5. The molecule has 1 atom stereocenters. The van der Waals surface area contributed by atoms with Crippen molar-refractivity contribution in [2.24, 2.45) is 0 Å². The van der Waals surface area contributed by atoms with Gasteiger partial charge in [0.05, 0.1) is 0 Å². The van der Waals surface area contributed by atoms with Gasteiger partial charge in [-0.2, -0.15) is 0 Å². The first-order chi connectivity index (χ1) is 40.5. The average molecular weight is 1140 g/mol. The minimum absolute atomic E-state index is 0.0734. The van der Waals surface area contributed by atoms with E-state index in [1.807, 2.05) is 0 Å². The summed E-state index contributed by atoms with van der Waals surface area (Å²) in [6.45, 7) is 6.57. The molecule has 474 valence electrons. The Morgan fingerprint density at radius 1 is 0.256 bits per heavy atom. The molecule has 0 N–H and O–H groups in total. The Morgan fingerprint density at radius 2 is 0.476 bits per heavy atom. The van der Waals surface area contributed by atoms with Crippen molar-refractivity contribution in [2.75, 3.05) is 13.2 Å². The van der Waals surface area contributed by atoms with Crippen LogP contribution in [0.3, 0.4) is 0 Å². The van der Waals surface area contributed by atoms with Gasteiger partial charge in [-0.15, -0.1) is 0 Å². The Hall–Kier alpha value is -3.41. The zero-order valence-electron chi connectivity index (χ0n) is 54.5. The maximum absolute atomic E-state index is 12.9. The van der Waals surface area contributed by atoms with E-state index < -0.39 is 6.10 Å². The minimum Gasteiger partial charge on any atom is -0.462 e. The van der Waals surface area contributed by atoms with Crippen molar-refractivity contribution in [3.8, 4) is 0 Å². The highest BCUT2D eigenvalue weighted by Crippen LogP contribution is 2.18. The number of hydrogen-bond acceptors (Lipinski definition) is 6. The zero-order chi connectivity index (χ0) is 59.2. The number of carbonyl (C=O) groups is 3. The smallest absolute Gasteiger partial charge is 0.306 e. The van der Waals surface area contributed by atoms with E-state index in [-0.39, 0.29) is 31.1 Å². The van der Waals surface area contributed by atoms with Crippen LogP contribution in [0, 0.1) is 0 Å². The number of rotatable bonds is 65. The van der Waals surface area contributed by atoms with Gasteiger partial charge >= 0.3 is 17.9 Å². The molecule has 0 aliphatic carbocycles. The molecule has 0 bridgehead atoms. The molecule has 0 saturated carbocycles. The van der Waals surface area contributed by atoms with E-state index >= 15 is 0 Å². The summed E-state index contributed by atoms with van der Waals surface area (Å²) in [4.78, 5) is 38.4. The van der Waals surface area contributed by atoms with Gasteiger partial charge in [-0.25, -0.2) is 0 Å². The highest BCUT2D eigenvalue weighted by atomic mass is 16.6. The minimum atomic E-state index is -0.778. The molecule has 0 aromatic carbocycles. The molecule has 0 aromatic rings. The Morgan fingerprint density at radius 3 is 0.756 bits per heavy atom. The molecular formula is C76H134O6. The van der Waals surface area contributed by atoms with Crippen molar-refractivity contribution in [3.05, 3.63) is 85.1 Å². The van der Waals surface area contributed by atoms with Crippen LogP contribution in [-0.2, 0) is 28.6 Å². The summed E-state index contributed by atoms with van der Waals surface area (Å²) in [5, 5.41) is 0. The maximum atomic E-state index is 12.9. The molecule has 0 saturated heterocycles. The van der Waals surface area contributed by atoms with Crippen molar-refractivity contribution in [1.82, 2.24) is 0 Å². The van der Waals surface area contributed by atoms with Crippen LogP contribution in [0.4, 0.5) is 0 Å². The first-order valence-electron chi connectivity index (χ1n) is 35.6. The average Bonchev–Trinajstić information content (AvgIpc) is 3.48. The summed E-state index contributed by atoms with van der Waals surface area (Å²) >= 11 is 0. The fourth-order valence-corrected chi connectivity index (χ4v) is 10.3. The molecule has 6 nitrogen and oxygen atoms in total. The van der Waals surface area contributed by atoms with Gasteiger partial charge in [-0.05, 0) is 96.3 Å². The second kappa shape index (κ2) is 70.1. The van der Waals surface area contributed by atoms with E-state index in [9.17, 15) is 14.4 Å². The van der Waals surface area contributed by atoms with E-state index in [1.165, 1.54) is 225 Å². The largest absolute Gasteiger partial charge is 0.462 e. The van der Waals surface area contributed by atoms with Crippen LogP contribution in [-0.4, -0.2) is 37.2 Å². The standard InChI is InChI=1S/C76H134O6/c1-4-7-10-13-16-19-22-25-28-31-32-33-34-35-36-37-38-39-40-41-42-43-44-46-48-51-54-57-60-63-66-69-75(78)81-72-73(71-80-74(77)68-65-62-59-56-53-50-47-30-27-24-21-18-15-12-9-6-3)82-76(79)70-67-64-61-58-55-52-49-45-29-26-23-20-17-14-11-8-5-2/h7,10,16,19,25-26,28-29,32-33,35-36,38-39,73H,4-6,8-9,11-15,17-18,20-24,27,30-31,34,37,40-72H2,1-3H3/b10-7-,19-16-,28-25-,29-26-,33-32-,36-35-,39-38-. The first kappa shape index (κ1) is 78.6. The van der Waals surface area contributed by atoms with Crippen molar-refractivity contribution < 1.29 is 28.6 Å². The van der Waals surface area contributed by atoms with E-state index in [2.05, 4.69) is 106 Å². The molecule has 0 heterocycles. The van der Waals surface area contributed by atoms with Gasteiger partial charge in [-0.3, -0.25) is 14.4 Å². The van der Waals surface area contributed by atoms with Crippen molar-refractivity contribution in [3.63, 3.8) is 0 Å². The highest BCUT2D eigenvalue weighted by molar-refractivity contribution is 5.71. The lowest BCUT2D eigenvalue weighted by Crippen LogP contribution is -2.30. The quantitative estimate of drug-likeness (QED) is 0.0261. The topological polar surface area (TPSA) is 78.9 Å². The summed E-state index contributed by atoms with van der Waals surface area (Å²) < 4.78 is 17.0. The molecule has 6 heteroatoms. The number of hydrogen-bond donors (Lipinski definition) is 0. The number of ether oxygens (including phenoxy) is 3. The number of esters is 3. The third kappa shape index (κ3) is 67.4. The van der Waals surface area contributed by atoms with Crippen LogP contribution in [0.2, 0.25) is 0 Å². The lowest BCUT2D eigenvalue weighted by Gasteiger charge is -2.18. The number of allylic oxidation sites excluding steroid dienone is 14. The predicted molar refractivity (Wildman–Crippen MR) is 358 cm³/mol. The summed E-state index contributed by atoms with van der Waals surface area (Å²) in [5.41, 5.74) is 0. The van der Waals surface area contributed by atoms with Gasteiger partial charge in [0.1, 0.15) is 13.2 Å². The Kier molecular flexibility index (Phi) is 67.2. The third-order valence-corrected chi connectivity index (χ3v) is 15.6. The molecule has 0 rings (SSSR count). The summed E-state index contributed by atoms with van der Waals surface area (Å²) in [6, 6.07) is 0. The Labute approximate surface area is 509 Å². The molecular weight excluding hydrogens is 1010 g/mol. The summed E-state index contributed by atoms with van der Waals surface area (Å²) in [7, 11) is 0. The first-order valence-corrected chi connectivity index (χ1v) is 35.6. The molecule has 1 unspecified atom stereocenters. The molecule has 0 fully saturated rings. The van der Waals surface area contributed by atoms with Gasteiger partial charge in [0.2, 0.25) is 0 Å². The predicted octanol–water partition coefficient (Wildman–Crippen LogP) is 24.6. The van der Waals surface area contributed by atoms with Crippen LogP contribution in [0.5, 0.6) is 0 Å². The van der Waals surface area contributed by atoms with Gasteiger partial charge < -0.3 is 14.2 Å². The summed E-state index contributed by atoms with van der Waals surface area (Å²) in [5.74, 6) is -0.859. The van der Waals surface area contributed by atoms with Gasteiger partial charge in [0, 0.05) is 19.3 Å². The van der Waals surface area contributed by atoms with Gasteiger partial charge in [-0.1, -0.05) is 331 Å². The van der Waals surface area contributed by atoms with E-state index in [0.717, 1.165) is 96.3 Å². The van der Waals surface area contributed by atoms with Gasteiger partial charge in [0.15, 0.2) is 6.10 Å². The second-order valence-corrected chi connectivity index (χ2v) is 23.8. The second-order valence-electron chi connectivity index (χ2n) is 23.8. The van der Waals surface area contributed by atoms with Crippen LogP contribution in [0.25, 0.3) is 0 Å². The van der Waals surface area contributed by atoms with Crippen molar-refractivity contribution >= 4 is 17.9 Å². The van der Waals surface area contributed by atoms with Gasteiger partial charge in [0.25, 0.3) is 0 Å². The fourth-order valence-electron chi connectivity index (χ4n) is 10.3. The molecule has 0 aliphatic rings. The summed E-state index contributed by atoms with van der Waals surface area (Å²) in [6.07, 6.45) is 93.2. The monoisotopic (exact) mass is 1140 g/mol. The van der Waals surface area contributed by atoms with Crippen LogP contribution >= 0.6 is 0 Å². The number of unbranched alkanes of at least 4 members (excludes halogenated alkanes) is 40. The van der Waals surface area contributed by atoms with Crippen LogP contribution in [0.1, 0.15) is 361 Å². The lowest BCUT2D eigenvalue weighted by molar-refractivity contribution is -0.167.